The standard InChI is InChI=1S/C28H29N3O3S/c1-2-3-19-34-27(33)22-13-15-23(16-14-22)29-26(32)20-35-28-30-24-11-7-8-12-25(24)31(28)18-17-21-9-5-4-6-10-21/h4-16H,2-3,17-20H2,1H3,(H,29,32). The van der Waals surface area contributed by atoms with E-state index in [0.717, 1.165) is 42.0 Å². The van der Waals surface area contributed by atoms with Gasteiger partial charge < -0.3 is 14.6 Å². The van der Waals surface area contributed by atoms with Crippen LogP contribution in [0.25, 0.3) is 11.0 Å². The summed E-state index contributed by atoms with van der Waals surface area (Å²) in [6, 6.07) is 25.1. The first kappa shape index (κ1) is 24.5. The van der Waals surface area contributed by atoms with E-state index in [0.29, 0.717) is 17.9 Å². The first-order valence-electron chi connectivity index (χ1n) is 11.8. The zero-order valence-electron chi connectivity index (χ0n) is 19.8. The zero-order chi connectivity index (χ0) is 24.5. The Morgan fingerprint density at radius 2 is 1.71 bits per heavy atom. The van der Waals surface area contributed by atoms with Gasteiger partial charge in [-0.15, -0.1) is 0 Å². The number of amides is 1. The molecule has 1 heterocycles. The molecule has 0 radical (unpaired) electrons. The maximum Gasteiger partial charge on any atom is 0.338 e. The number of thioether (sulfide) groups is 1. The molecule has 1 amide bonds. The van der Waals surface area contributed by atoms with Crippen LogP contribution < -0.4 is 5.32 Å². The van der Waals surface area contributed by atoms with Crippen LogP contribution >= 0.6 is 11.8 Å². The van der Waals surface area contributed by atoms with E-state index in [2.05, 4.69) is 28.1 Å². The van der Waals surface area contributed by atoms with Crippen LogP contribution in [0, 0.1) is 0 Å². The number of para-hydroxylation sites is 2. The van der Waals surface area contributed by atoms with Gasteiger partial charge in [0.05, 0.1) is 29.0 Å². The van der Waals surface area contributed by atoms with E-state index in [1.165, 1.54) is 17.3 Å². The van der Waals surface area contributed by atoms with Gasteiger partial charge in [-0.3, -0.25) is 4.79 Å². The van der Waals surface area contributed by atoms with Gasteiger partial charge in [0.2, 0.25) is 5.91 Å². The zero-order valence-corrected chi connectivity index (χ0v) is 20.6. The summed E-state index contributed by atoms with van der Waals surface area (Å²) in [7, 11) is 0. The highest BCUT2D eigenvalue weighted by Gasteiger charge is 2.14. The van der Waals surface area contributed by atoms with Crippen molar-refractivity contribution in [3.05, 3.63) is 90.0 Å². The number of rotatable bonds is 11. The molecule has 0 unspecified atom stereocenters. The second-order valence-electron chi connectivity index (χ2n) is 8.17. The molecule has 0 bridgehead atoms. The number of aryl methyl sites for hydroxylation is 2. The molecule has 0 aliphatic heterocycles. The summed E-state index contributed by atoms with van der Waals surface area (Å²) in [5, 5.41) is 3.71. The Kier molecular flexibility index (Phi) is 8.57. The van der Waals surface area contributed by atoms with Crippen molar-refractivity contribution >= 4 is 40.4 Å². The predicted octanol–water partition coefficient (Wildman–Crippen LogP) is 5.97. The van der Waals surface area contributed by atoms with E-state index in [-0.39, 0.29) is 17.6 Å². The third-order valence-corrected chi connectivity index (χ3v) is 6.53. The molecule has 1 aromatic heterocycles. The van der Waals surface area contributed by atoms with Crippen LogP contribution in [0.3, 0.4) is 0 Å². The molecular formula is C28H29N3O3S. The van der Waals surface area contributed by atoms with Gasteiger partial charge in [0.15, 0.2) is 5.16 Å². The molecular weight excluding hydrogens is 458 g/mol. The van der Waals surface area contributed by atoms with Crippen molar-refractivity contribution in [2.45, 2.75) is 37.9 Å². The fourth-order valence-corrected chi connectivity index (χ4v) is 4.52. The number of hydrogen-bond donors (Lipinski definition) is 1. The third-order valence-electron chi connectivity index (χ3n) is 5.55. The summed E-state index contributed by atoms with van der Waals surface area (Å²) in [5.74, 6) is -0.244. The fraction of sp³-hybridized carbons (Fsp3) is 0.250. The minimum atomic E-state index is -0.346. The van der Waals surface area contributed by atoms with Gasteiger partial charge in [-0.2, -0.15) is 0 Å². The molecule has 0 aliphatic carbocycles. The third kappa shape index (κ3) is 6.73. The van der Waals surface area contributed by atoms with Crippen molar-refractivity contribution in [3.63, 3.8) is 0 Å². The molecule has 4 aromatic rings. The number of esters is 1. The quantitative estimate of drug-likeness (QED) is 0.160. The van der Waals surface area contributed by atoms with Crippen molar-refractivity contribution in [2.75, 3.05) is 17.7 Å². The smallest absolute Gasteiger partial charge is 0.338 e. The number of ether oxygens (including phenoxy) is 1. The highest BCUT2D eigenvalue weighted by Crippen LogP contribution is 2.25. The topological polar surface area (TPSA) is 73.2 Å². The van der Waals surface area contributed by atoms with Crippen LogP contribution in [-0.2, 0) is 22.5 Å². The Bertz CT molecular complexity index is 1270. The largest absolute Gasteiger partial charge is 0.462 e. The van der Waals surface area contributed by atoms with Crippen LogP contribution in [0.5, 0.6) is 0 Å². The molecule has 0 spiro atoms. The predicted molar refractivity (Wildman–Crippen MR) is 141 cm³/mol. The van der Waals surface area contributed by atoms with Crippen LogP contribution in [0.15, 0.2) is 84.0 Å². The van der Waals surface area contributed by atoms with Gasteiger partial charge in [-0.25, -0.2) is 9.78 Å². The van der Waals surface area contributed by atoms with E-state index in [1.54, 1.807) is 24.3 Å². The lowest BCUT2D eigenvalue weighted by Gasteiger charge is -2.10. The monoisotopic (exact) mass is 487 g/mol. The average molecular weight is 488 g/mol. The van der Waals surface area contributed by atoms with Crippen LogP contribution in [0.1, 0.15) is 35.7 Å². The number of benzene rings is 3. The number of hydrogen-bond acceptors (Lipinski definition) is 5. The summed E-state index contributed by atoms with van der Waals surface area (Å²) >= 11 is 1.42. The van der Waals surface area contributed by atoms with Crippen molar-refractivity contribution in [3.8, 4) is 0 Å². The highest BCUT2D eigenvalue weighted by atomic mass is 32.2. The van der Waals surface area contributed by atoms with Crippen LogP contribution in [-0.4, -0.2) is 33.8 Å². The van der Waals surface area contributed by atoms with Crippen molar-refractivity contribution in [1.29, 1.82) is 0 Å². The lowest BCUT2D eigenvalue weighted by atomic mass is 10.1. The molecule has 0 saturated heterocycles. The van der Waals surface area contributed by atoms with Gasteiger partial charge in [0.25, 0.3) is 0 Å². The molecule has 0 aliphatic rings. The summed E-state index contributed by atoms with van der Waals surface area (Å²) in [6.45, 7) is 3.25. The normalized spacial score (nSPS) is 10.9. The van der Waals surface area contributed by atoms with E-state index in [9.17, 15) is 9.59 Å². The number of fused-ring (bicyclic) bond motifs is 1. The minimum absolute atomic E-state index is 0.130. The highest BCUT2D eigenvalue weighted by molar-refractivity contribution is 7.99. The Hall–Kier alpha value is -3.58. The van der Waals surface area contributed by atoms with Crippen molar-refractivity contribution in [2.24, 2.45) is 0 Å². The minimum Gasteiger partial charge on any atom is -0.462 e. The number of anilines is 1. The molecule has 35 heavy (non-hydrogen) atoms. The molecule has 3 aromatic carbocycles. The average Bonchev–Trinajstić information content (AvgIpc) is 3.25. The first-order chi connectivity index (χ1) is 17.1. The van der Waals surface area contributed by atoms with E-state index >= 15 is 0 Å². The van der Waals surface area contributed by atoms with E-state index < -0.39 is 0 Å². The SMILES string of the molecule is CCCCOC(=O)c1ccc(NC(=O)CSc2nc3ccccc3n2CCc2ccccc2)cc1. The summed E-state index contributed by atoms with van der Waals surface area (Å²) in [4.78, 5) is 29.4. The second kappa shape index (κ2) is 12.2. The summed E-state index contributed by atoms with van der Waals surface area (Å²) < 4.78 is 7.40. The molecule has 6 nitrogen and oxygen atoms in total. The Morgan fingerprint density at radius 3 is 2.49 bits per heavy atom. The van der Waals surface area contributed by atoms with E-state index in [1.807, 2.05) is 43.3 Å². The second-order valence-corrected chi connectivity index (χ2v) is 9.12. The molecule has 0 fully saturated rings. The molecule has 1 N–H and O–H groups in total. The van der Waals surface area contributed by atoms with Gasteiger partial charge in [-0.05, 0) is 54.8 Å². The maximum atomic E-state index is 12.6. The number of nitrogens with one attached hydrogen (secondary N) is 1. The van der Waals surface area contributed by atoms with Gasteiger partial charge in [0, 0.05) is 12.2 Å². The number of imidazole rings is 1. The van der Waals surface area contributed by atoms with Gasteiger partial charge in [0.1, 0.15) is 0 Å². The molecule has 180 valence electrons. The number of carbonyl (C=O) groups is 2. The van der Waals surface area contributed by atoms with Crippen molar-refractivity contribution < 1.29 is 14.3 Å². The fourth-order valence-electron chi connectivity index (χ4n) is 3.67. The molecule has 4 rings (SSSR count). The lowest BCUT2D eigenvalue weighted by molar-refractivity contribution is -0.113. The number of unbranched alkanes of at least 4 members (excludes halogenated alkanes) is 1. The first-order valence-corrected chi connectivity index (χ1v) is 12.8. The Morgan fingerprint density at radius 1 is 0.971 bits per heavy atom. The lowest BCUT2D eigenvalue weighted by Crippen LogP contribution is -2.15. The number of aromatic nitrogens is 2. The number of nitrogens with zero attached hydrogens (tertiary/aromatic N) is 2. The van der Waals surface area contributed by atoms with Crippen LogP contribution in [0.2, 0.25) is 0 Å². The molecule has 7 heteroatoms. The number of carbonyl (C=O) groups excluding carboxylic acids is 2. The molecule has 0 saturated carbocycles. The van der Waals surface area contributed by atoms with E-state index in [4.69, 9.17) is 9.72 Å². The summed E-state index contributed by atoms with van der Waals surface area (Å²) in [5.41, 5.74) is 4.35. The summed E-state index contributed by atoms with van der Waals surface area (Å²) in [6.07, 6.45) is 2.70. The van der Waals surface area contributed by atoms with Gasteiger partial charge >= 0.3 is 5.97 Å². The van der Waals surface area contributed by atoms with Gasteiger partial charge in [-0.1, -0.05) is 67.6 Å². The molecule has 0 atom stereocenters. The maximum absolute atomic E-state index is 12.6. The van der Waals surface area contributed by atoms with Crippen LogP contribution in [0.4, 0.5) is 5.69 Å². The Balaban J connectivity index is 1.36. The van der Waals surface area contributed by atoms with Crippen molar-refractivity contribution in [1.82, 2.24) is 9.55 Å². The Labute approximate surface area is 209 Å².